The van der Waals surface area contributed by atoms with Gasteiger partial charge in [0.25, 0.3) is 0 Å². The first-order chi connectivity index (χ1) is 9.47. The summed E-state index contributed by atoms with van der Waals surface area (Å²) in [6, 6.07) is 8.31. The topological polar surface area (TPSA) is 33.1 Å². The van der Waals surface area contributed by atoms with Crippen molar-refractivity contribution in [3.05, 3.63) is 58.1 Å². The zero-order valence-corrected chi connectivity index (χ0v) is 12.0. The van der Waals surface area contributed by atoms with E-state index in [-0.39, 0.29) is 16.8 Å². The number of halogens is 2. The lowest BCUT2D eigenvalue weighted by atomic mass is 10.0. The van der Waals surface area contributed by atoms with Crippen molar-refractivity contribution in [3.8, 4) is 5.75 Å². The molecule has 0 saturated heterocycles. The summed E-state index contributed by atoms with van der Waals surface area (Å²) >= 11 is 5.62. The van der Waals surface area contributed by atoms with Crippen molar-refractivity contribution in [1.29, 1.82) is 0 Å². The molecule has 2 aromatic rings. The van der Waals surface area contributed by atoms with Gasteiger partial charge in [-0.05, 0) is 41.3 Å². The average Bonchev–Trinajstić information content (AvgIpc) is 2.40. The van der Waals surface area contributed by atoms with Crippen molar-refractivity contribution >= 4 is 23.8 Å². The van der Waals surface area contributed by atoms with Crippen LogP contribution in [0.15, 0.2) is 30.3 Å². The van der Waals surface area contributed by atoms with Crippen LogP contribution in [0.2, 0.25) is 5.15 Å². The van der Waals surface area contributed by atoms with Crippen LogP contribution in [0.5, 0.6) is 5.75 Å². The van der Waals surface area contributed by atoms with E-state index in [1.165, 1.54) is 6.07 Å². The minimum atomic E-state index is -0.539. The predicted octanol–water partition coefficient (Wildman–Crippen LogP) is 4.87. The minimum Gasteiger partial charge on any atom is -0.508 e. The van der Waals surface area contributed by atoms with Crippen molar-refractivity contribution in [2.75, 3.05) is 0 Å². The van der Waals surface area contributed by atoms with E-state index < -0.39 is 5.82 Å². The predicted molar refractivity (Wildman–Crippen MR) is 80.3 cm³/mol. The third-order valence-electron chi connectivity index (χ3n) is 2.95. The van der Waals surface area contributed by atoms with Crippen molar-refractivity contribution in [2.24, 2.45) is 0 Å². The van der Waals surface area contributed by atoms with Crippen molar-refractivity contribution in [1.82, 2.24) is 4.98 Å². The highest BCUT2D eigenvalue weighted by atomic mass is 35.5. The molecule has 1 N–H and O–H groups in total. The second-order valence-electron chi connectivity index (χ2n) is 4.82. The fraction of sp³-hybridized carbons (Fsp3) is 0.188. The third kappa shape index (κ3) is 3.36. The summed E-state index contributed by atoms with van der Waals surface area (Å²) in [6.45, 7) is 4.05. The van der Waals surface area contributed by atoms with Gasteiger partial charge in [-0.3, -0.25) is 0 Å². The van der Waals surface area contributed by atoms with Crippen LogP contribution in [0.1, 0.15) is 36.6 Å². The molecule has 104 valence electrons. The highest BCUT2D eigenvalue weighted by Gasteiger charge is 2.05. The van der Waals surface area contributed by atoms with Gasteiger partial charge >= 0.3 is 0 Å². The number of aromatic nitrogens is 1. The molecule has 2 nitrogen and oxygen atoms in total. The molecule has 0 radical (unpaired) electrons. The lowest BCUT2D eigenvalue weighted by molar-refractivity contribution is 0.465. The minimum absolute atomic E-state index is 0.148. The fourth-order valence-electron chi connectivity index (χ4n) is 1.86. The molecule has 0 unspecified atom stereocenters. The first-order valence-electron chi connectivity index (χ1n) is 6.30. The molecule has 4 heteroatoms. The van der Waals surface area contributed by atoms with Gasteiger partial charge in [0.1, 0.15) is 5.75 Å². The molecule has 0 aliphatic rings. The molecule has 1 aromatic heterocycles. The van der Waals surface area contributed by atoms with Gasteiger partial charge in [-0.2, -0.15) is 0 Å². The molecule has 0 amide bonds. The number of aromatic hydroxyl groups is 1. The SMILES string of the molecule is CC(C)c1ccc(/C=C/c2ccc(F)c(Cl)n2)cc1O. The lowest BCUT2D eigenvalue weighted by Crippen LogP contribution is -1.88. The Morgan fingerprint density at radius 2 is 1.95 bits per heavy atom. The van der Waals surface area contributed by atoms with Gasteiger partial charge in [-0.1, -0.05) is 43.7 Å². The van der Waals surface area contributed by atoms with Gasteiger partial charge in [-0.15, -0.1) is 0 Å². The van der Waals surface area contributed by atoms with Crippen molar-refractivity contribution < 1.29 is 9.50 Å². The number of phenols is 1. The van der Waals surface area contributed by atoms with E-state index in [2.05, 4.69) is 4.98 Å². The smallest absolute Gasteiger partial charge is 0.165 e. The zero-order chi connectivity index (χ0) is 14.7. The van der Waals surface area contributed by atoms with Crippen LogP contribution in [0, 0.1) is 5.82 Å². The van der Waals surface area contributed by atoms with E-state index in [9.17, 15) is 9.50 Å². The Kier molecular flexibility index (Phi) is 4.40. The largest absolute Gasteiger partial charge is 0.508 e. The maximum Gasteiger partial charge on any atom is 0.165 e. The van der Waals surface area contributed by atoms with Gasteiger partial charge in [0.15, 0.2) is 11.0 Å². The highest BCUT2D eigenvalue weighted by Crippen LogP contribution is 2.26. The Morgan fingerprint density at radius 3 is 2.55 bits per heavy atom. The summed E-state index contributed by atoms with van der Waals surface area (Å²) < 4.78 is 13.0. The van der Waals surface area contributed by atoms with Crippen LogP contribution in [-0.4, -0.2) is 10.1 Å². The van der Waals surface area contributed by atoms with Crippen LogP contribution in [-0.2, 0) is 0 Å². The fourth-order valence-corrected chi connectivity index (χ4v) is 2.02. The normalized spacial score (nSPS) is 11.4. The highest BCUT2D eigenvalue weighted by molar-refractivity contribution is 6.29. The maximum absolute atomic E-state index is 13.0. The second-order valence-corrected chi connectivity index (χ2v) is 5.17. The molecule has 20 heavy (non-hydrogen) atoms. The molecule has 0 saturated carbocycles. The zero-order valence-electron chi connectivity index (χ0n) is 11.3. The monoisotopic (exact) mass is 291 g/mol. The molecule has 0 spiro atoms. The number of pyridine rings is 1. The van der Waals surface area contributed by atoms with Crippen LogP contribution < -0.4 is 0 Å². The molecule has 1 aromatic carbocycles. The Hall–Kier alpha value is -1.87. The first kappa shape index (κ1) is 14.5. The summed E-state index contributed by atoms with van der Waals surface area (Å²) in [5, 5.41) is 9.77. The Balaban J connectivity index is 2.23. The Bertz CT molecular complexity index is 653. The number of nitrogens with zero attached hydrogens (tertiary/aromatic N) is 1. The van der Waals surface area contributed by atoms with Gasteiger partial charge in [0.2, 0.25) is 0 Å². The van der Waals surface area contributed by atoms with E-state index in [4.69, 9.17) is 11.6 Å². The first-order valence-corrected chi connectivity index (χ1v) is 6.68. The van der Waals surface area contributed by atoms with Gasteiger partial charge < -0.3 is 5.11 Å². The molecule has 2 rings (SSSR count). The van der Waals surface area contributed by atoms with Gasteiger partial charge in [0.05, 0.1) is 5.69 Å². The van der Waals surface area contributed by atoms with E-state index in [1.807, 2.05) is 26.0 Å². The van der Waals surface area contributed by atoms with E-state index >= 15 is 0 Å². The number of rotatable bonds is 3. The summed E-state index contributed by atoms with van der Waals surface area (Å²) in [6.07, 6.45) is 3.51. The van der Waals surface area contributed by atoms with E-state index in [0.29, 0.717) is 5.69 Å². The van der Waals surface area contributed by atoms with Crippen molar-refractivity contribution in [2.45, 2.75) is 19.8 Å². The van der Waals surface area contributed by atoms with E-state index in [1.54, 1.807) is 24.3 Å². The van der Waals surface area contributed by atoms with Crippen LogP contribution in [0.3, 0.4) is 0 Å². The van der Waals surface area contributed by atoms with Crippen LogP contribution in [0.25, 0.3) is 12.2 Å². The quantitative estimate of drug-likeness (QED) is 0.818. The maximum atomic E-state index is 13.0. The molecule has 1 heterocycles. The number of hydrogen-bond donors (Lipinski definition) is 1. The Labute approximate surface area is 122 Å². The molecular formula is C16H15ClFNO. The summed E-state index contributed by atoms with van der Waals surface area (Å²) in [5.41, 5.74) is 2.31. The van der Waals surface area contributed by atoms with Gasteiger partial charge in [-0.25, -0.2) is 9.37 Å². The van der Waals surface area contributed by atoms with Crippen LogP contribution >= 0.6 is 11.6 Å². The Morgan fingerprint density at radius 1 is 1.20 bits per heavy atom. The molecule has 0 bridgehead atoms. The van der Waals surface area contributed by atoms with Gasteiger partial charge in [0, 0.05) is 0 Å². The summed E-state index contributed by atoms with van der Waals surface area (Å²) in [7, 11) is 0. The molecule has 0 atom stereocenters. The molecule has 0 fully saturated rings. The molecule has 0 aliphatic heterocycles. The standard InChI is InChI=1S/C16H15ClFNO/c1-10(2)13-7-4-11(9-15(13)20)3-5-12-6-8-14(18)16(17)19-12/h3-10,20H,1-2H3/b5-3+. The van der Waals surface area contributed by atoms with E-state index in [0.717, 1.165) is 11.1 Å². The number of phenolic OH excluding ortho intramolecular Hbond substituents is 1. The molecule has 0 aliphatic carbocycles. The number of hydrogen-bond acceptors (Lipinski definition) is 2. The van der Waals surface area contributed by atoms with Crippen LogP contribution in [0.4, 0.5) is 4.39 Å². The van der Waals surface area contributed by atoms with Crippen molar-refractivity contribution in [3.63, 3.8) is 0 Å². The third-order valence-corrected chi connectivity index (χ3v) is 3.21. The second kappa shape index (κ2) is 6.06. The lowest BCUT2D eigenvalue weighted by Gasteiger charge is -2.08. The molecular weight excluding hydrogens is 277 g/mol. The summed E-state index contributed by atoms with van der Waals surface area (Å²) in [5.74, 6) is 0.000552. The summed E-state index contributed by atoms with van der Waals surface area (Å²) in [4.78, 5) is 3.90. The average molecular weight is 292 g/mol. The number of benzene rings is 1.